The molecule has 0 radical (unpaired) electrons. The summed E-state index contributed by atoms with van der Waals surface area (Å²) in [5, 5.41) is 2.61. The van der Waals surface area contributed by atoms with Crippen molar-refractivity contribution in [2.24, 2.45) is 0 Å². The van der Waals surface area contributed by atoms with Crippen molar-refractivity contribution in [2.75, 3.05) is 20.1 Å². The van der Waals surface area contributed by atoms with Crippen LogP contribution in [0.1, 0.15) is 23.2 Å². The van der Waals surface area contributed by atoms with Crippen molar-refractivity contribution in [3.8, 4) is 0 Å². The second-order valence-electron chi connectivity index (χ2n) is 5.89. The molecule has 128 valence electrons. The van der Waals surface area contributed by atoms with Crippen LogP contribution in [0, 0.1) is 17.5 Å². The van der Waals surface area contributed by atoms with Gasteiger partial charge in [-0.05, 0) is 25.0 Å². The smallest absolute Gasteiger partial charge is 0.324 e. The number of carbonyl (C=O) groups excluding carboxylic acids is 3. The molecule has 0 bridgehead atoms. The number of rotatable bonds is 1. The maximum absolute atomic E-state index is 13.7. The Balaban J connectivity index is 1.76. The first-order valence-electron chi connectivity index (χ1n) is 7.30. The van der Waals surface area contributed by atoms with Crippen molar-refractivity contribution < 1.29 is 27.6 Å². The van der Waals surface area contributed by atoms with Gasteiger partial charge in [-0.1, -0.05) is 0 Å². The van der Waals surface area contributed by atoms with Crippen LogP contribution in [0.15, 0.2) is 12.1 Å². The van der Waals surface area contributed by atoms with Crippen LogP contribution in [0.5, 0.6) is 0 Å². The fourth-order valence-electron chi connectivity index (χ4n) is 3.05. The molecule has 2 fully saturated rings. The molecule has 24 heavy (non-hydrogen) atoms. The first-order valence-corrected chi connectivity index (χ1v) is 7.30. The molecule has 2 saturated heterocycles. The highest BCUT2D eigenvalue weighted by Gasteiger charge is 2.51. The first-order chi connectivity index (χ1) is 11.3. The molecule has 2 aliphatic rings. The van der Waals surface area contributed by atoms with Gasteiger partial charge in [0, 0.05) is 20.1 Å². The number of hydrogen-bond acceptors (Lipinski definition) is 3. The van der Waals surface area contributed by atoms with Crippen molar-refractivity contribution in [3.63, 3.8) is 0 Å². The minimum Gasteiger partial charge on any atom is -0.338 e. The van der Waals surface area contributed by atoms with Crippen LogP contribution in [0.25, 0.3) is 0 Å². The predicted molar refractivity (Wildman–Crippen MR) is 75.5 cm³/mol. The van der Waals surface area contributed by atoms with E-state index in [1.807, 2.05) is 0 Å². The van der Waals surface area contributed by atoms with Crippen molar-refractivity contribution in [3.05, 3.63) is 35.1 Å². The molecule has 2 heterocycles. The van der Waals surface area contributed by atoms with Gasteiger partial charge in [-0.25, -0.2) is 18.0 Å². The number of imide groups is 1. The molecule has 0 saturated carbocycles. The average Bonchev–Trinajstić information content (AvgIpc) is 2.77. The average molecular weight is 341 g/mol. The molecule has 6 nitrogen and oxygen atoms in total. The number of hydrogen-bond donors (Lipinski definition) is 1. The van der Waals surface area contributed by atoms with E-state index in [2.05, 4.69) is 5.32 Å². The second kappa shape index (κ2) is 5.50. The summed E-state index contributed by atoms with van der Waals surface area (Å²) in [4.78, 5) is 38.3. The largest absolute Gasteiger partial charge is 0.338 e. The number of piperidine rings is 1. The molecule has 1 N–H and O–H groups in total. The quantitative estimate of drug-likeness (QED) is 0.618. The molecule has 0 aromatic heterocycles. The lowest BCUT2D eigenvalue weighted by molar-refractivity contribution is -0.131. The summed E-state index contributed by atoms with van der Waals surface area (Å²) in [5.41, 5.74) is -1.63. The highest BCUT2D eigenvalue weighted by atomic mass is 19.2. The molecular formula is C15H14F3N3O3. The van der Waals surface area contributed by atoms with Gasteiger partial charge in [0.05, 0.1) is 5.56 Å². The third kappa shape index (κ3) is 2.31. The summed E-state index contributed by atoms with van der Waals surface area (Å²) in [6.45, 7) is 0.161. The zero-order valence-corrected chi connectivity index (χ0v) is 12.7. The molecule has 0 aliphatic carbocycles. The van der Waals surface area contributed by atoms with Gasteiger partial charge in [0.25, 0.3) is 11.8 Å². The number of urea groups is 1. The fraction of sp³-hybridized carbons (Fsp3) is 0.400. The standard InChI is InChI=1S/C15H14F3N3O3/c1-20-13(23)15(19-14(20)24)4-6-21(7-5-15)12(22)8-2-3-9(16)11(18)10(8)17/h2-3H,4-7H2,1H3,(H,19,24). The first kappa shape index (κ1) is 16.3. The van der Waals surface area contributed by atoms with Gasteiger partial charge in [0.15, 0.2) is 17.5 Å². The normalized spacial score (nSPS) is 19.8. The highest BCUT2D eigenvalue weighted by Crippen LogP contribution is 2.29. The van der Waals surface area contributed by atoms with E-state index in [0.717, 1.165) is 11.0 Å². The minimum absolute atomic E-state index is 0.0805. The maximum Gasteiger partial charge on any atom is 0.324 e. The van der Waals surface area contributed by atoms with E-state index in [1.165, 1.54) is 11.9 Å². The molecule has 1 aromatic rings. The summed E-state index contributed by atoms with van der Waals surface area (Å²) in [6, 6.07) is 1.06. The summed E-state index contributed by atoms with van der Waals surface area (Å²) in [5.74, 6) is -5.77. The molecule has 3 rings (SSSR count). The maximum atomic E-state index is 13.7. The third-order valence-corrected chi connectivity index (χ3v) is 4.53. The van der Waals surface area contributed by atoms with Crippen molar-refractivity contribution >= 4 is 17.8 Å². The zero-order valence-electron chi connectivity index (χ0n) is 12.7. The minimum atomic E-state index is -1.70. The van der Waals surface area contributed by atoms with Crippen molar-refractivity contribution in [1.82, 2.24) is 15.1 Å². The van der Waals surface area contributed by atoms with Crippen LogP contribution >= 0.6 is 0 Å². The topological polar surface area (TPSA) is 69.7 Å². The Bertz CT molecular complexity index is 745. The number of nitrogens with zero attached hydrogens (tertiary/aromatic N) is 2. The number of likely N-dealkylation sites (tertiary alicyclic amines) is 1. The number of carbonyl (C=O) groups is 3. The number of nitrogens with one attached hydrogen (secondary N) is 1. The van der Waals surface area contributed by atoms with E-state index in [1.54, 1.807) is 0 Å². The van der Waals surface area contributed by atoms with E-state index in [-0.39, 0.29) is 31.8 Å². The lowest BCUT2D eigenvalue weighted by atomic mass is 9.87. The Morgan fingerprint density at radius 1 is 1.12 bits per heavy atom. The monoisotopic (exact) mass is 341 g/mol. The molecule has 2 aliphatic heterocycles. The number of halogens is 3. The molecule has 0 unspecified atom stereocenters. The Morgan fingerprint density at radius 2 is 1.75 bits per heavy atom. The van der Waals surface area contributed by atoms with E-state index >= 15 is 0 Å². The molecule has 1 spiro atoms. The molecule has 0 atom stereocenters. The van der Waals surface area contributed by atoms with Gasteiger partial charge in [-0.15, -0.1) is 0 Å². The summed E-state index contributed by atoms with van der Waals surface area (Å²) in [6.07, 6.45) is 0.331. The SMILES string of the molecule is CN1C(=O)NC2(CCN(C(=O)c3ccc(F)c(F)c3F)CC2)C1=O. The molecule has 1 aromatic carbocycles. The molecule has 4 amide bonds. The van der Waals surface area contributed by atoms with Gasteiger partial charge in [0.1, 0.15) is 5.54 Å². The van der Waals surface area contributed by atoms with Crippen LogP contribution in [0.2, 0.25) is 0 Å². The Morgan fingerprint density at radius 3 is 2.29 bits per heavy atom. The number of benzene rings is 1. The van der Waals surface area contributed by atoms with E-state index < -0.39 is 40.5 Å². The fourth-order valence-corrected chi connectivity index (χ4v) is 3.05. The summed E-state index contributed by atoms with van der Waals surface area (Å²) < 4.78 is 40.0. The highest BCUT2D eigenvalue weighted by molar-refractivity contribution is 6.07. The van der Waals surface area contributed by atoms with E-state index in [4.69, 9.17) is 0 Å². The van der Waals surface area contributed by atoms with Crippen LogP contribution < -0.4 is 5.32 Å². The van der Waals surface area contributed by atoms with Gasteiger partial charge < -0.3 is 10.2 Å². The van der Waals surface area contributed by atoms with Crippen LogP contribution in [0.4, 0.5) is 18.0 Å². The van der Waals surface area contributed by atoms with Gasteiger partial charge in [0.2, 0.25) is 0 Å². The summed E-state index contributed by atoms with van der Waals surface area (Å²) in [7, 11) is 1.36. The van der Waals surface area contributed by atoms with Gasteiger partial charge in [-0.2, -0.15) is 0 Å². The van der Waals surface area contributed by atoms with Crippen LogP contribution in [-0.2, 0) is 4.79 Å². The zero-order chi connectivity index (χ0) is 17.6. The van der Waals surface area contributed by atoms with Crippen LogP contribution in [-0.4, -0.2) is 53.3 Å². The lowest BCUT2D eigenvalue weighted by Crippen LogP contribution is -2.55. The Hall–Kier alpha value is -2.58. The summed E-state index contributed by atoms with van der Waals surface area (Å²) >= 11 is 0. The van der Waals surface area contributed by atoms with Crippen LogP contribution in [0.3, 0.4) is 0 Å². The molecule has 9 heteroatoms. The van der Waals surface area contributed by atoms with Crippen molar-refractivity contribution in [1.29, 1.82) is 0 Å². The van der Waals surface area contributed by atoms with Crippen molar-refractivity contribution in [2.45, 2.75) is 18.4 Å². The van der Waals surface area contributed by atoms with E-state index in [9.17, 15) is 27.6 Å². The third-order valence-electron chi connectivity index (χ3n) is 4.53. The molecular weight excluding hydrogens is 327 g/mol. The Labute approximate surface area is 135 Å². The Kier molecular flexibility index (Phi) is 3.73. The van der Waals surface area contributed by atoms with E-state index in [0.29, 0.717) is 6.07 Å². The predicted octanol–water partition coefficient (Wildman–Crippen LogP) is 1.26. The number of likely N-dealkylation sites (N-methyl/N-ethyl adjacent to an activating group) is 1. The van der Waals surface area contributed by atoms with Gasteiger partial charge >= 0.3 is 6.03 Å². The lowest BCUT2D eigenvalue weighted by Gasteiger charge is -2.37. The number of amides is 4. The second-order valence-corrected chi connectivity index (χ2v) is 5.89. The van der Waals surface area contributed by atoms with Gasteiger partial charge in [-0.3, -0.25) is 14.5 Å².